The number of phenolic OH excluding ortho intramolecular Hbond substituents is 1. The molecule has 0 spiro atoms. The number of amides is 1. The van der Waals surface area contributed by atoms with Gasteiger partial charge in [-0.2, -0.15) is 0 Å². The predicted molar refractivity (Wildman–Crippen MR) is 297 cm³/mol. The Morgan fingerprint density at radius 3 is 1.63 bits per heavy atom. The van der Waals surface area contributed by atoms with Crippen LogP contribution in [0.4, 0.5) is 17.1 Å². The smallest absolute Gasteiger partial charge is 0.302 e. The first kappa shape index (κ1) is 57.9. The summed E-state index contributed by atoms with van der Waals surface area (Å²) in [6, 6.07) is 27.0. The standard InChI is InChI=1S/C59H62N3O16P/c1-37-13-19-49(61(21-25-73-38(2)63)22-26-74-39(3)64)51(31-37)77-29-30-78-52-34-43(14-20-50(52)62(23-27-75-40(4)65)24-28-76-41(5)66)60-59(69)42-32-53(71-6)58(54(33-42)72-7)57-47-17-15-44(67)35-55(47)79(70,46-11-9-8-10-12-46)56-36-45(68)16-18-48(56)57/h8-20,31-36,67H,21-30H2,1-7H3,(H,60,69). The van der Waals surface area contributed by atoms with Gasteiger partial charge in [-0.1, -0.05) is 36.4 Å². The number of rotatable bonds is 25. The van der Waals surface area contributed by atoms with E-state index in [0.29, 0.717) is 55.7 Å². The zero-order chi connectivity index (χ0) is 56.8. The lowest BCUT2D eigenvalue weighted by molar-refractivity contribution is -0.142. The predicted octanol–water partition coefficient (Wildman–Crippen LogP) is 7.45. The summed E-state index contributed by atoms with van der Waals surface area (Å²) >= 11 is 0. The summed E-state index contributed by atoms with van der Waals surface area (Å²) in [7, 11) is -0.887. The molecule has 0 aromatic heterocycles. The van der Waals surface area contributed by atoms with Crippen LogP contribution in [0.2, 0.25) is 0 Å². The largest absolute Gasteiger partial charge is 0.508 e. The van der Waals surface area contributed by atoms with Gasteiger partial charge in [-0.25, -0.2) is 0 Å². The number of nitrogens with one attached hydrogen (secondary N) is 1. The number of fused-ring (bicyclic) bond motifs is 2. The van der Waals surface area contributed by atoms with Gasteiger partial charge in [-0.15, -0.1) is 0 Å². The molecule has 1 aliphatic carbocycles. The summed E-state index contributed by atoms with van der Waals surface area (Å²) in [6.07, 6.45) is 4.36. The second-order valence-electron chi connectivity index (χ2n) is 18.1. The van der Waals surface area contributed by atoms with E-state index in [1.807, 2.05) is 34.9 Å². The SMILES string of the molecule is COc1cc(C(=O)Nc2ccc(N(CCOC(C)=O)CCOC(C)=O)c(OCCOc3cc(C)ccc3N(CCOC(C)=O)CCOC(C)=O)c2)cc(OC)c1C1=C2C=CC(=O)C=C2P(=O)(c2ccccc2)c2cc(O)ccc21. The van der Waals surface area contributed by atoms with Gasteiger partial charge in [0, 0.05) is 66.5 Å². The number of ketones is 1. The highest BCUT2D eigenvalue weighted by Crippen LogP contribution is 2.62. The first-order valence-corrected chi connectivity index (χ1v) is 26.9. The Morgan fingerprint density at radius 1 is 0.595 bits per heavy atom. The van der Waals surface area contributed by atoms with Crippen molar-refractivity contribution >= 4 is 76.0 Å². The molecule has 414 valence electrons. The highest BCUT2D eigenvalue weighted by Gasteiger charge is 2.43. The number of carbonyl (C=O) groups excluding carboxylic acids is 6. The number of hydrogen-bond acceptors (Lipinski definition) is 18. The Labute approximate surface area is 457 Å². The van der Waals surface area contributed by atoms with Crippen molar-refractivity contribution in [1.29, 1.82) is 0 Å². The van der Waals surface area contributed by atoms with E-state index in [2.05, 4.69) is 5.32 Å². The van der Waals surface area contributed by atoms with Crippen LogP contribution in [0.1, 0.15) is 54.7 Å². The van der Waals surface area contributed by atoms with Crippen molar-refractivity contribution in [2.75, 3.05) is 95.2 Å². The van der Waals surface area contributed by atoms with Crippen molar-refractivity contribution in [2.24, 2.45) is 0 Å². The molecule has 0 saturated carbocycles. The lowest BCUT2D eigenvalue weighted by Gasteiger charge is -2.34. The minimum absolute atomic E-state index is 0.0115. The van der Waals surface area contributed by atoms with Gasteiger partial charge in [-0.3, -0.25) is 28.8 Å². The number of ether oxygens (including phenoxy) is 8. The average Bonchev–Trinajstić information content (AvgIpc) is 3.61. The maximum absolute atomic E-state index is 15.6. The highest BCUT2D eigenvalue weighted by atomic mass is 31.2. The summed E-state index contributed by atoms with van der Waals surface area (Å²) in [6.45, 7) is 8.12. The van der Waals surface area contributed by atoms with Crippen molar-refractivity contribution in [3.05, 3.63) is 148 Å². The zero-order valence-corrected chi connectivity index (χ0v) is 45.8. The van der Waals surface area contributed by atoms with E-state index in [4.69, 9.17) is 37.9 Å². The van der Waals surface area contributed by atoms with Crippen molar-refractivity contribution in [1.82, 2.24) is 0 Å². The lowest BCUT2D eigenvalue weighted by atomic mass is 9.88. The molecule has 5 aromatic carbocycles. The summed E-state index contributed by atoms with van der Waals surface area (Å²) in [5.74, 6) is -1.75. The number of benzene rings is 5. The molecule has 0 saturated heterocycles. The number of hydrogen-bond donors (Lipinski definition) is 2. The molecule has 0 fully saturated rings. The summed E-state index contributed by atoms with van der Waals surface area (Å²) in [4.78, 5) is 78.2. The molecule has 1 aliphatic heterocycles. The summed E-state index contributed by atoms with van der Waals surface area (Å²) in [5.41, 5.74) is 4.33. The maximum Gasteiger partial charge on any atom is 0.302 e. The number of carbonyl (C=O) groups is 6. The fourth-order valence-electron chi connectivity index (χ4n) is 9.10. The van der Waals surface area contributed by atoms with E-state index in [1.54, 1.807) is 60.7 Å². The topological polar surface area (TPSA) is 232 Å². The molecule has 79 heavy (non-hydrogen) atoms. The quantitative estimate of drug-likeness (QED) is 0.0250. The van der Waals surface area contributed by atoms with Gasteiger partial charge in [0.15, 0.2) is 12.9 Å². The Balaban J connectivity index is 1.22. The van der Waals surface area contributed by atoms with E-state index < -0.39 is 36.9 Å². The first-order valence-electron chi connectivity index (χ1n) is 25.2. The molecule has 19 nitrogen and oxygen atoms in total. The molecule has 1 heterocycles. The monoisotopic (exact) mass is 1100 g/mol. The van der Waals surface area contributed by atoms with Crippen LogP contribution in [0.5, 0.6) is 28.7 Å². The van der Waals surface area contributed by atoms with Crippen LogP contribution in [-0.2, 0) is 47.5 Å². The molecular weight excluding hydrogens is 1040 g/mol. The van der Waals surface area contributed by atoms with Crippen LogP contribution in [0, 0.1) is 6.92 Å². The number of methoxy groups -OCH3 is 2. The average molecular weight is 1100 g/mol. The lowest BCUT2D eigenvalue weighted by Crippen LogP contribution is -2.32. The Bertz CT molecular complexity index is 3210. The minimum atomic E-state index is -3.76. The molecule has 5 aromatic rings. The molecule has 0 radical (unpaired) electrons. The second kappa shape index (κ2) is 26.5. The summed E-state index contributed by atoms with van der Waals surface area (Å²) < 4.78 is 61.5. The van der Waals surface area contributed by atoms with Crippen molar-refractivity contribution < 1.29 is 76.3 Å². The number of anilines is 3. The van der Waals surface area contributed by atoms with Crippen molar-refractivity contribution in [3.8, 4) is 28.7 Å². The molecule has 1 atom stereocenters. The number of esters is 4. The number of phenols is 1. The second-order valence-corrected chi connectivity index (χ2v) is 20.8. The molecule has 1 amide bonds. The maximum atomic E-state index is 15.6. The number of allylic oxidation sites excluding steroid dienone is 5. The van der Waals surface area contributed by atoms with Crippen LogP contribution in [0.25, 0.3) is 5.57 Å². The number of nitrogens with zero attached hydrogens (tertiary/aromatic N) is 2. The highest BCUT2D eigenvalue weighted by molar-refractivity contribution is 7.83. The van der Waals surface area contributed by atoms with Gasteiger partial charge >= 0.3 is 23.9 Å². The zero-order valence-electron chi connectivity index (χ0n) is 45.0. The van der Waals surface area contributed by atoms with Crippen LogP contribution in [-0.4, -0.2) is 121 Å². The van der Waals surface area contributed by atoms with E-state index >= 15 is 4.57 Å². The van der Waals surface area contributed by atoms with Gasteiger partial charge in [0.1, 0.15) is 68.4 Å². The number of aryl methyl sites for hydroxylation is 1. The minimum Gasteiger partial charge on any atom is -0.508 e. The van der Waals surface area contributed by atoms with Crippen molar-refractivity contribution in [3.63, 3.8) is 0 Å². The van der Waals surface area contributed by atoms with E-state index in [0.717, 1.165) is 5.56 Å². The molecule has 20 heteroatoms. The Kier molecular flexibility index (Phi) is 19.4. The van der Waals surface area contributed by atoms with Crippen LogP contribution < -0.4 is 44.7 Å². The van der Waals surface area contributed by atoms with Gasteiger partial charge < -0.3 is 62.7 Å². The number of aromatic hydroxyl groups is 1. The molecule has 0 bridgehead atoms. The van der Waals surface area contributed by atoms with E-state index in [1.165, 1.54) is 78.3 Å². The fourth-order valence-corrected chi connectivity index (χ4v) is 12.2. The van der Waals surface area contributed by atoms with Crippen molar-refractivity contribution in [2.45, 2.75) is 34.6 Å². The third kappa shape index (κ3) is 14.2. The first-order chi connectivity index (χ1) is 37.9. The van der Waals surface area contributed by atoms with Gasteiger partial charge in [-0.05, 0) is 96.4 Å². The normalized spacial score (nSPS) is 14.2. The third-order valence-corrected chi connectivity index (χ3v) is 15.7. The Morgan fingerprint density at radius 2 is 1.11 bits per heavy atom. The van der Waals surface area contributed by atoms with Gasteiger partial charge in [0.05, 0.1) is 57.3 Å². The van der Waals surface area contributed by atoms with Crippen LogP contribution >= 0.6 is 7.14 Å². The summed E-state index contributed by atoms with van der Waals surface area (Å²) in [5, 5.41) is 14.8. The molecule has 2 aliphatic rings. The molecule has 1 unspecified atom stereocenters. The Hall–Kier alpha value is -8.83. The van der Waals surface area contributed by atoms with Crippen LogP contribution in [0.15, 0.2) is 126 Å². The fraction of sp³-hybridized carbons (Fsp3) is 0.288. The third-order valence-electron chi connectivity index (χ3n) is 12.6. The molecule has 7 rings (SSSR count). The molecule has 2 N–H and O–H groups in total. The van der Waals surface area contributed by atoms with Crippen LogP contribution in [0.3, 0.4) is 0 Å². The van der Waals surface area contributed by atoms with Gasteiger partial charge in [0.25, 0.3) is 5.91 Å². The van der Waals surface area contributed by atoms with Gasteiger partial charge in [0.2, 0.25) is 0 Å². The van der Waals surface area contributed by atoms with E-state index in [-0.39, 0.29) is 105 Å². The van der Waals surface area contributed by atoms with E-state index in [9.17, 15) is 33.9 Å². The molecular formula is C59H62N3O16P.